The van der Waals surface area contributed by atoms with Crippen molar-refractivity contribution in [3.63, 3.8) is 0 Å². The van der Waals surface area contributed by atoms with E-state index in [0.717, 1.165) is 6.42 Å². The van der Waals surface area contributed by atoms with Crippen molar-refractivity contribution in [1.29, 1.82) is 0 Å². The molecule has 0 bridgehead atoms. The summed E-state index contributed by atoms with van der Waals surface area (Å²) in [4.78, 5) is 28.7. The lowest BCUT2D eigenvalue weighted by Crippen LogP contribution is -2.43. The second kappa shape index (κ2) is 9.40. The van der Waals surface area contributed by atoms with E-state index in [0.29, 0.717) is 30.2 Å². The van der Waals surface area contributed by atoms with Crippen LogP contribution in [0.4, 0.5) is 15.8 Å². The van der Waals surface area contributed by atoms with Gasteiger partial charge in [0.05, 0.1) is 12.8 Å². The summed E-state index contributed by atoms with van der Waals surface area (Å²) in [6.45, 7) is 3.15. The van der Waals surface area contributed by atoms with E-state index in [9.17, 15) is 14.0 Å². The van der Waals surface area contributed by atoms with Gasteiger partial charge in [0, 0.05) is 29.2 Å². The predicted molar refractivity (Wildman–Crippen MR) is 124 cm³/mol. The van der Waals surface area contributed by atoms with Crippen molar-refractivity contribution in [2.75, 3.05) is 24.3 Å². The van der Waals surface area contributed by atoms with Gasteiger partial charge in [0.2, 0.25) is 5.91 Å². The number of amides is 2. The zero-order valence-corrected chi connectivity index (χ0v) is 18.7. The molecule has 0 fully saturated rings. The van der Waals surface area contributed by atoms with Gasteiger partial charge in [-0.3, -0.25) is 9.59 Å². The third kappa shape index (κ3) is 4.75. The fourth-order valence-electron chi connectivity index (χ4n) is 3.74. The highest BCUT2D eigenvalue weighted by Gasteiger charge is 2.25. The lowest BCUT2D eigenvalue weighted by Gasteiger charge is -2.30. The highest BCUT2D eigenvalue weighted by molar-refractivity contribution is 7.10. The monoisotopic (exact) mass is 453 g/mol. The maximum absolute atomic E-state index is 13.5. The molecule has 1 aliphatic rings. The minimum Gasteiger partial charge on any atom is -0.495 e. The van der Waals surface area contributed by atoms with Crippen LogP contribution in [0.5, 0.6) is 5.75 Å². The molecule has 4 rings (SSSR count). The van der Waals surface area contributed by atoms with E-state index in [2.05, 4.69) is 22.1 Å². The van der Waals surface area contributed by atoms with Crippen LogP contribution in [0.15, 0.2) is 53.9 Å². The van der Waals surface area contributed by atoms with Crippen LogP contribution >= 0.6 is 11.3 Å². The molecule has 3 aromatic rings. The maximum atomic E-state index is 13.5. The van der Waals surface area contributed by atoms with Crippen LogP contribution in [0.1, 0.15) is 27.7 Å². The first-order chi connectivity index (χ1) is 15.4. The summed E-state index contributed by atoms with van der Waals surface area (Å²) >= 11 is 1.74. The minimum absolute atomic E-state index is 0.0167. The van der Waals surface area contributed by atoms with Gasteiger partial charge in [-0.15, -0.1) is 11.3 Å². The van der Waals surface area contributed by atoms with Crippen LogP contribution < -0.4 is 15.4 Å². The summed E-state index contributed by atoms with van der Waals surface area (Å²) < 4.78 is 18.8. The van der Waals surface area contributed by atoms with Crippen molar-refractivity contribution in [2.45, 2.75) is 25.9 Å². The number of ether oxygens (including phenoxy) is 1. The van der Waals surface area contributed by atoms with E-state index in [1.807, 2.05) is 11.8 Å². The van der Waals surface area contributed by atoms with Gasteiger partial charge in [0.15, 0.2) is 0 Å². The van der Waals surface area contributed by atoms with Crippen molar-refractivity contribution in [3.8, 4) is 5.75 Å². The topological polar surface area (TPSA) is 70.7 Å². The molecular weight excluding hydrogens is 429 g/mol. The van der Waals surface area contributed by atoms with Crippen molar-refractivity contribution < 1.29 is 18.7 Å². The zero-order valence-electron chi connectivity index (χ0n) is 17.9. The number of rotatable bonds is 6. The Labute approximate surface area is 190 Å². The quantitative estimate of drug-likeness (QED) is 0.575. The van der Waals surface area contributed by atoms with Gasteiger partial charge in [-0.25, -0.2) is 4.39 Å². The van der Waals surface area contributed by atoms with Crippen LogP contribution in [0, 0.1) is 5.82 Å². The Bertz CT molecular complexity index is 1150. The van der Waals surface area contributed by atoms with Gasteiger partial charge < -0.3 is 20.3 Å². The first-order valence-electron chi connectivity index (χ1n) is 10.3. The molecule has 6 nitrogen and oxygen atoms in total. The summed E-state index contributed by atoms with van der Waals surface area (Å²) in [6, 6.07) is 12.3. The third-order valence-electron chi connectivity index (χ3n) is 5.41. The van der Waals surface area contributed by atoms with E-state index in [-0.39, 0.29) is 11.5 Å². The first kappa shape index (κ1) is 21.8. The van der Waals surface area contributed by atoms with Crippen molar-refractivity contribution in [1.82, 2.24) is 4.90 Å². The summed E-state index contributed by atoms with van der Waals surface area (Å²) in [5, 5.41) is 8.04. The number of thiophene rings is 1. The average molecular weight is 454 g/mol. The molecule has 166 valence electrons. The molecule has 2 aromatic carbocycles. The van der Waals surface area contributed by atoms with Gasteiger partial charge >= 0.3 is 0 Å². The molecular formula is C24H24FN3O3S. The Balaban J connectivity index is 1.46. The Hall–Kier alpha value is -3.39. The van der Waals surface area contributed by atoms with E-state index in [1.54, 1.807) is 29.5 Å². The number of hydrogen-bond donors (Lipinski definition) is 2. The molecule has 1 aromatic heterocycles. The molecule has 1 aliphatic heterocycles. The fourth-order valence-corrected chi connectivity index (χ4v) is 4.63. The summed E-state index contributed by atoms with van der Waals surface area (Å²) in [5.41, 5.74) is 2.50. The molecule has 0 saturated carbocycles. The van der Waals surface area contributed by atoms with Crippen LogP contribution in [0.3, 0.4) is 0 Å². The van der Waals surface area contributed by atoms with E-state index >= 15 is 0 Å². The molecule has 0 saturated heterocycles. The van der Waals surface area contributed by atoms with Crippen LogP contribution in [-0.4, -0.2) is 36.4 Å². The van der Waals surface area contributed by atoms with E-state index in [4.69, 9.17) is 4.74 Å². The molecule has 0 spiro atoms. The highest BCUT2D eigenvalue weighted by Crippen LogP contribution is 2.29. The van der Waals surface area contributed by atoms with Crippen LogP contribution in [0.25, 0.3) is 0 Å². The maximum Gasteiger partial charge on any atom is 0.255 e. The SMILES string of the molecule is COc1ccc(NC(C)C(=O)N2CCc3sccc3C2)cc1NC(=O)c1cccc(F)c1. The van der Waals surface area contributed by atoms with Gasteiger partial charge in [0.25, 0.3) is 5.91 Å². The number of methoxy groups -OCH3 is 1. The minimum atomic E-state index is -0.486. The number of carbonyl (C=O) groups is 2. The van der Waals surface area contributed by atoms with Crippen molar-refractivity contribution in [2.24, 2.45) is 0 Å². The van der Waals surface area contributed by atoms with Gasteiger partial charge in [-0.1, -0.05) is 6.07 Å². The lowest BCUT2D eigenvalue weighted by molar-refractivity contribution is -0.132. The molecule has 8 heteroatoms. The lowest BCUT2D eigenvalue weighted by atomic mass is 10.1. The molecule has 1 atom stereocenters. The Morgan fingerprint density at radius 1 is 1.19 bits per heavy atom. The first-order valence-corrected chi connectivity index (χ1v) is 11.2. The molecule has 0 aliphatic carbocycles. The zero-order chi connectivity index (χ0) is 22.7. The van der Waals surface area contributed by atoms with Crippen LogP contribution in [0.2, 0.25) is 0 Å². The predicted octanol–water partition coefficient (Wildman–Crippen LogP) is 4.53. The average Bonchev–Trinajstić information content (AvgIpc) is 3.26. The number of carbonyl (C=O) groups excluding carboxylic acids is 2. The third-order valence-corrected chi connectivity index (χ3v) is 6.43. The number of nitrogens with zero attached hydrogens (tertiary/aromatic N) is 1. The largest absolute Gasteiger partial charge is 0.495 e. The van der Waals surface area contributed by atoms with Crippen molar-refractivity contribution >= 4 is 34.5 Å². The Kier molecular flexibility index (Phi) is 6.41. The molecule has 2 N–H and O–H groups in total. The number of halogens is 1. The molecule has 2 heterocycles. The van der Waals surface area contributed by atoms with Crippen LogP contribution in [-0.2, 0) is 17.8 Å². The van der Waals surface area contributed by atoms with Crippen molar-refractivity contribution in [3.05, 3.63) is 75.7 Å². The number of anilines is 2. The van der Waals surface area contributed by atoms with E-state index in [1.165, 1.54) is 41.8 Å². The normalized spacial score (nSPS) is 13.8. The summed E-state index contributed by atoms with van der Waals surface area (Å²) in [7, 11) is 1.50. The highest BCUT2D eigenvalue weighted by atomic mass is 32.1. The molecule has 0 radical (unpaired) electrons. The standard InChI is InChI=1S/C24H24FN3O3S/c1-15(24(30)28-10-8-22-17(14-28)9-11-32-22)26-19-6-7-21(31-2)20(13-19)27-23(29)16-4-3-5-18(25)12-16/h3-7,9,11-13,15,26H,8,10,14H2,1-2H3,(H,27,29). The number of benzene rings is 2. The number of hydrogen-bond acceptors (Lipinski definition) is 5. The second-order valence-corrected chi connectivity index (χ2v) is 8.63. The van der Waals surface area contributed by atoms with Gasteiger partial charge in [0.1, 0.15) is 17.6 Å². The fraction of sp³-hybridized carbons (Fsp3) is 0.250. The summed E-state index contributed by atoms with van der Waals surface area (Å²) in [5.74, 6) is -0.466. The summed E-state index contributed by atoms with van der Waals surface area (Å²) in [6.07, 6.45) is 0.879. The van der Waals surface area contributed by atoms with Gasteiger partial charge in [-0.2, -0.15) is 0 Å². The number of nitrogens with one attached hydrogen (secondary N) is 2. The Morgan fingerprint density at radius 3 is 2.81 bits per heavy atom. The van der Waals surface area contributed by atoms with E-state index < -0.39 is 17.8 Å². The second-order valence-electron chi connectivity index (χ2n) is 7.62. The Morgan fingerprint density at radius 2 is 2.03 bits per heavy atom. The molecule has 1 unspecified atom stereocenters. The molecule has 32 heavy (non-hydrogen) atoms. The smallest absolute Gasteiger partial charge is 0.255 e. The molecule has 2 amide bonds. The number of fused-ring (bicyclic) bond motifs is 1. The van der Waals surface area contributed by atoms with Gasteiger partial charge in [-0.05, 0) is 66.8 Å².